The second-order valence-electron chi connectivity index (χ2n) is 6.50. The van der Waals surface area contributed by atoms with Gasteiger partial charge < -0.3 is 10.2 Å². The van der Waals surface area contributed by atoms with Crippen LogP contribution in [-0.2, 0) is 0 Å². The maximum Gasteiger partial charge on any atom is 0.252 e. The zero-order chi connectivity index (χ0) is 16.7. The summed E-state index contributed by atoms with van der Waals surface area (Å²) in [5, 5.41) is 3.00. The van der Waals surface area contributed by atoms with Crippen LogP contribution in [0.2, 0.25) is 0 Å². The number of benzene rings is 2. The fourth-order valence-electron chi connectivity index (χ4n) is 3.45. The summed E-state index contributed by atoms with van der Waals surface area (Å²) in [5.74, 6) is -0.336. The summed E-state index contributed by atoms with van der Waals surface area (Å²) in [6.45, 7) is 1.99. The zero-order valence-electron chi connectivity index (χ0n) is 13.6. The summed E-state index contributed by atoms with van der Waals surface area (Å²) in [6, 6.07) is 12.2. The molecule has 4 rings (SSSR count). The van der Waals surface area contributed by atoms with Gasteiger partial charge >= 0.3 is 0 Å². The molecule has 1 N–H and O–H groups in total. The van der Waals surface area contributed by atoms with Crippen LogP contribution in [-0.4, -0.2) is 30.9 Å². The first-order chi connectivity index (χ1) is 11.6. The lowest BCUT2D eigenvalue weighted by atomic mass is 9.92. The molecular formula is C20H19FN2O. The van der Waals surface area contributed by atoms with Crippen molar-refractivity contribution in [2.45, 2.75) is 12.5 Å². The number of fused-ring (bicyclic) bond motifs is 1. The van der Waals surface area contributed by atoms with Gasteiger partial charge in [-0.1, -0.05) is 24.3 Å². The third-order valence-electron chi connectivity index (χ3n) is 4.87. The number of carbonyl (C=O) groups is 1. The van der Waals surface area contributed by atoms with Crippen molar-refractivity contribution in [3.63, 3.8) is 0 Å². The molecule has 2 aromatic carbocycles. The average Bonchev–Trinajstić information content (AvgIpc) is 2.93. The highest BCUT2D eigenvalue weighted by Gasteiger charge is 2.30. The summed E-state index contributed by atoms with van der Waals surface area (Å²) in [6.07, 6.45) is 3.26. The van der Waals surface area contributed by atoms with E-state index >= 15 is 0 Å². The zero-order valence-corrected chi connectivity index (χ0v) is 13.6. The Kier molecular flexibility index (Phi) is 3.69. The van der Waals surface area contributed by atoms with Gasteiger partial charge in [0.25, 0.3) is 5.91 Å². The van der Waals surface area contributed by atoms with Gasteiger partial charge in [0.2, 0.25) is 0 Å². The van der Waals surface area contributed by atoms with E-state index in [4.69, 9.17) is 0 Å². The van der Waals surface area contributed by atoms with Gasteiger partial charge in [0.05, 0.1) is 6.04 Å². The summed E-state index contributed by atoms with van der Waals surface area (Å²) in [5.41, 5.74) is 5.09. The van der Waals surface area contributed by atoms with Crippen LogP contribution in [0.15, 0.2) is 48.5 Å². The van der Waals surface area contributed by atoms with Gasteiger partial charge in [-0.25, -0.2) is 4.39 Å². The van der Waals surface area contributed by atoms with Crippen LogP contribution < -0.4 is 5.32 Å². The largest absolute Gasteiger partial charge is 0.341 e. The van der Waals surface area contributed by atoms with Crippen molar-refractivity contribution in [2.75, 3.05) is 20.1 Å². The van der Waals surface area contributed by atoms with Crippen LogP contribution in [0.4, 0.5) is 4.39 Å². The molecule has 0 saturated heterocycles. The van der Waals surface area contributed by atoms with E-state index in [1.54, 1.807) is 12.1 Å². The topological polar surface area (TPSA) is 32.3 Å². The molecule has 2 aromatic rings. The molecule has 3 nitrogen and oxygen atoms in total. The van der Waals surface area contributed by atoms with Crippen LogP contribution in [0.25, 0.3) is 5.57 Å². The van der Waals surface area contributed by atoms with Gasteiger partial charge in [0.1, 0.15) is 5.82 Å². The van der Waals surface area contributed by atoms with E-state index in [-0.39, 0.29) is 17.8 Å². The minimum atomic E-state index is -0.270. The Hall–Kier alpha value is -2.46. The van der Waals surface area contributed by atoms with Gasteiger partial charge in [-0.3, -0.25) is 4.79 Å². The Morgan fingerprint density at radius 2 is 1.96 bits per heavy atom. The first kappa shape index (κ1) is 15.1. The minimum Gasteiger partial charge on any atom is -0.341 e. The molecule has 0 saturated carbocycles. The highest BCUT2D eigenvalue weighted by Crippen LogP contribution is 2.34. The van der Waals surface area contributed by atoms with Crippen LogP contribution in [0.5, 0.6) is 0 Å². The fraction of sp³-hybridized carbons (Fsp3) is 0.250. The molecule has 24 heavy (non-hydrogen) atoms. The monoisotopic (exact) mass is 322 g/mol. The number of nitrogens with zero attached hydrogens (tertiary/aromatic N) is 1. The maximum absolute atomic E-state index is 13.2. The van der Waals surface area contributed by atoms with Crippen LogP contribution >= 0.6 is 0 Å². The molecule has 2 aliphatic heterocycles. The summed E-state index contributed by atoms with van der Waals surface area (Å²) in [4.78, 5) is 14.5. The third kappa shape index (κ3) is 2.63. The van der Waals surface area contributed by atoms with Gasteiger partial charge in [-0.05, 0) is 60.0 Å². The number of rotatable bonds is 2. The Bertz CT molecular complexity index is 826. The highest BCUT2D eigenvalue weighted by molar-refractivity contribution is 6.00. The summed E-state index contributed by atoms with van der Waals surface area (Å²) >= 11 is 0. The Balaban J connectivity index is 1.73. The van der Waals surface area contributed by atoms with Crippen molar-refractivity contribution in [3.05, 3.63) is 76.6 Å². The van der Waals surface area contributed by atoms with Crippen molar-refractivity contribution < 1.29 is 9.18 Å². The molecule has 2 heterocycles. The lowest BCUT2D eigenvalue weighted by molar-refractivity contribution is 0.0960. The van der Waals surface area contributed by atoms with Crippen molar-refractivity contribution >= 4 is 11.5 Å². The predicted octanol–water partition coefficient (Wildman–Crippen LogP) is 3.38. The van der Waals surface area contributed by atoms with Crippen molar-refractivity contribution in [2.24, 2.45) is 0 Å². The molecule has 1 amide bonds. The second kappa shape index (κ2) is 5.87. The van der Waals surface area contributed by atoms with Crippen LogP contribution in [0.1, 0.15) is 39.5 Å². The lowest BCUT2D eigenvalue weighted by Crippen LogP contribution is -2.23. The molecule has 0 spiro atoms. The van der Waals surface area contributed by atoms with Gasteiger partial charge in [0, 0.05) is 18.7 Å². The first-order valence-electron chi connectivity index (χ1n) is 8.20. The lowest BCUT2D eigenvalue weighted by Gasteiger charge is -2.22. The predicted molar refractivity (Wildman–Crippen MR) is 92.2 cm³/mol. The molecule has 1 atom stereocenters. The van der Waals surface area contributed by atoms with Crippen molar-refractivity contribution in [1.82, 2.24) is 10.2 Å². The first-order valence-corrected chi connectivity index (χ1v) is 8.20. The van der Waals surface area contributed by atoms with E-state index in [1.807, 2.05) is 12.1 Å². The SMILES string of the molecule is CN1CC=C(c2ccc3c(c2)C(c2ccc(F)cc2)NC3=O)CC1. The molecule has 2 aliphatic rings. The third-order valence-corrected chi connectivity index (χ3v) is 4.87. The molecule has 4 heteroatoms. The molecule has 0 fully saturated rings. The summed E-state index contributed by atoms with van der Waals surface area (Å²) in [7, 11) is 2.11. The Morgan fingerprint density at radius 1 is 1.17 bits per heavy atom. The molecule has 1 unspecified atom stereocenters. The number of carbonyl (C=O) groups excluding carboxylic acids is 1. The molecular weight excluding hydrogens is 303 g/mol. The Labute approximate surface area is 140 Å². The average molecular weight is 322 g/mol. The summed E-state index contributed by atoms with van der Waals surface area (Å²) < 4.78 is 13.2. The van der Waals surface area contributed by atoms with Gasteiger partial charge in [-0.2, -0.15) is 0 Å². The van der Waals surface area contributed by atoms with Crippen LogP contribution in [0.3, 0.4) is 0 Å². The smallest absolute Gasteiger partial charge is 0.252 e. The van der Waals surface area contributed by atoms with E-state index in [9.17, 15) is 9.18 Å². The van der Waals surface area contributed by atoms with Crippen LogP contribution in [0, 0.1) is 5.82 Å². The molecule has 122 valence electrons. The minimum absolute atomic E-state index is 0.0665. The second-order valence-corrected chi connectivity index (χ2v) is 6.50. The van der Waals surface area contributed by atoms with Crippen molar-refractivity contribution in [3.8, 4) is 0 Å². The maximum atomic E-state index is 13.2. The Morgan fingerprint density at radius 3 is 2.67 bits per heavy atom. The number of hydrogen-bond acceptors (Lipinski definition) is 2. The number of amides is 1. The standard InChI is InChI=1S/C20H19FN2O/c1-23-10-8-13(9-11-23)15-4-7-17-18(12-15)19(22-20(17)24)14-2-5-16(21)6-3-14/h2-8,12,19H,9-11H2,1H3,(H,22,24). The van der Waals surface area contributed by atoms with Gasteiger partial charge in [-0.15, -0.1) is 0 Å². The number of likely N-dealkylation sites (N-methyl/N-ethyl adjacent to an activating group) is 1. The van der Waals surface area contributed by atoms with E-state index < -0.39 is 0 Å². The number of hydrogen-bond donors (Lipinski definition) is 1. The number of nitrogens with one attached hydrogen (secondary N) is 1. The fourth-order valence-corrected chi connectivity index (χ4v) is 3.45. The van der Waals surface area contributed by atoms with E-state index in [2.05, 4.69) is 29.4 Å². The van der Waals surface area contributed by atoms with E-state index in [0.717, 1.165) is 30.6 Å². The van der Waals surface area contributed by atoms with Crippen molar-refractivity contribution in [1.29, 1.82) is 0 Å². The highest BCUT2D eigenvalue weighted by atomic mass is 19.1. The molecule has 0 bridgehead atoms. The van der Waals surface area contributed by atoms with E-state index in [1.165, 1.54) is 23.3 Å². The van der Waals surface area contributed by atoms with Gasteiger partial charge in [0.15, 0.2) is 0 Å². The number of halogens is 1. The molecule has 0 aromatic heterocycles. The molecule has 0 radical (unpaired) electrons. The molecule has 0 aliphatic carbocycles. The quantitative estimate of drug-likeness (QED) is 0.919. The normalized spacial score (nSPS) is 20.5. The van der Waals surface area contributed by atoms with E-state index in [0.29, 0.717) is 5.56 Å².